The van der Waals surface area contributed by atoms with Crippen LogP contribution in [0.15, 0.2) is 0 Å². The molecular weight excluding hydrogens is 487 g/mol. The molecule has 0 aromatic carbocycles. The summed E-state index contributed by atoms with van der Waals surface area (Å²) in [5.41, 5.74) is 1.47. The van der Waals surface area contributed by atoms with E-state index in [4.69, 9.17) is 19.4 Å². The lowest BCUT2D eigenvalue weighted by atomic mass is 9.97. The predicted octanol–water partition coefficient (Wildman–Crippen LogP) is 3.30. The zero-order valence-corrected chi connectivity index (χ0v) is 23.4. The van der Waals surface area contributed by atoms with Crippen LogP contribution < -0.4 is 15.0 Å². The Morgan fingerprint density at radius 2 is 2.00 bits per heavy atom. The van der Waals surface area contributed by atoms with Gasteiger partial charge in [0.25, 0.3) is 0 Å². The first-order valence-electron chi connectivity index (χ1n) is 14.4. The van der Waals surface area contributed by atoms with Crippen molar-refractivity contribution in [2.24, 2.45) is 5.41 Å². The van der Waals surface area contributed by atoms with Gasteiger partial charge >= 0.3 is 12.1 Å². The van der Waals surface area contributed by atoms with Crippen LogP contribution in [0.25, 0.3) is 0 Å². The number of carbonyl (C=O) groups is 1. The molecule has 210 valence electrons. The number of piperazine rings is 1. The van der Waals surface area contributed by atoms with Crippen LogP contribution in [-0.2, 0) is 17.7 Å². The number of nitrogens with zero attached hydrogens (tertiary/aromatic N) is 5. The highest BCUT2D eigenvalue weighted by atomic mass is 19.1. The van der Waals surface area contributed by atoms with Crippen molar-refractivity contribution in [3.63, 3.8) is 0 Å². The average Bonchev–Trinajstić information content (AvgIpc) is 3.43. The number of likely N-dealkylation sites (tertiary alicyclic amines) is 1. The topological polar surface area (TPSA) is 83.1 Å². The summed E-state index contributed by atoms with van der Waals surface area (Å²) in [5.74, 6) is 0.957. The van der Waals surface area contributed by atoms with E-state index in [9.17, 15) is 9.18 Å². The lowest BCUT2D eigenvalue weighted by Crippen LogP contribution is -2.63. The monoisotopic (exact) mass is 530 g/mol. The van der Waals surface area contributed by atoms with Crippen molar-refractivity contribution in [2.45, 2.75) is 96.1 Å². The van der Waals surface area contributed by atoms with Crippen LogP contribution >= 0.6 is 0 Å². The minimum atomic E-state index is -0.696. The molecule has 1 aliphatic carbocycles. The zero-order valence-electron chi connectivity index (χ0n) is 23.4. The molecule has 0 spiro atoms. The number of ether oxygens (including phenoxy) is 2. The molecule has 0 radical (unpaired) electrons. The van der Waals surface area contributed by atoms with Crippen LogP contribution in [0.3, 0.4) is 0 Å². The molecule has 1 N–H and O–H groups in total. The van der Waals surface area contributed by atoms with Crippen molar-refractivity contribution in [2.75, 3.05) is 50.8 Å². The number of halogens is 1. The molecule has 0 unspecified atom stereocenters. The van der Waals surface area contributed by atoms with Crippen molar-refractivity contribution in [3.05, 3.63) is 11.3 Å². The standard InChI is InChI=1S/C28H43FN6O3/c1-26(2,3)38-25(36)35-20-5-8-27(35,4)16-34(15-20)23-21-6-11-30-13-22(21)31-24(32-23)37-18-28(9-10-28)17-33-12-7-19(29)14-33/h19-20,30H,5-18H2,1-4H3/t19-,20-,27+/m1/s1. The fourth-order valence-corrected chi connectivity index (χ4v) is 6.86. The number of hydrogen-bond donors (Lipinski definition) is 1. The van der Waals surface area contributed by atoms with E-state index in [0.717, 1.165) is 69.8 Å². The third-order valence-electron chi connectivity index (χ3n) is 8.95. The second kappa shape index (κ2) is 9.47. The average molecular weight is 531 g/mol. The minimum Gasteiger partial charge on any atom is -0.463 e. The summed E-state index contributed by atoms with van der Waals surface area (Å²) in [4.78, 5) is 29.5. The van der Waals surface area contributed by atoms with Gasteiger partial charge in [0, 0.05) is 50.2 Å². The molecule has 1 aromatic heterocycles. The molecule has 2 bridgehead atoms. The number of aromatic nitrogens is 2. The third-order valence-corrected chi connectivity index (χ3v) is 8.95. The molecule has 1 aromatic rings. The van der Waals surface area contributed by atoms with Crippen molar-refractivity contribution >= 4 is 11.9 Å². The SMILES string of the molecule is CC(C)(C)OC(=O)N1[C@@H]2CC[C@@]1(C)CN(c1nc(OCC3(CN4CC[C@@H](F)C4)CC3)nc3c1CCNC3)C2. The van der Waals surface area contributed by atoms with Gasteiger partial charge < -0.3 is 19.7 Å². The van der Waals surface area contributed by atoms with E-state index in [1.165, 1.54) is 5.56 Å². The van der Waals surface area contributed by atoms with E-state index in [1.54, 1.807) is 0 Å². The minimum absolute atomic E-state index is 0.0906. The Hall–Kier alpha value is -2.20. The molecular formula is C28H43FN6O3. The first-order chi connectivity index (χ1) is 18.0. The maximum Gasteiger partial charge on any atom is 0.411 e. The highest BCUT2D eigenvalue weighted by Crippen LogP contribution is 2.47. The summed E-state index contributed by atoms with van der Waals surface area (Å²) in [6.45, 7) is 13.8. The molecule has 4 aliphatic heterocycles. The first-order valence-corrected chi connectivity index (χ1v) is 14.4. The molecule has 38 heavy (non-hydrogen) atoms. The first kappa shape index (κ1) is 26.0. The number of alkyl halides is 1. The summed E-state index contributed by atoms with van der Waals surface area (Å²) in [5, 5.41) is 3.44. The van der Waals surface area contributed by atoms with E-state index in [0.29, 0.717) is 38.7 Å². The number of nitrogens with one attached hydrogen (secondary N) is 1. The summed E-state index contributed by atoms with van der Waals surface area (Å²) >= 11 is 0. The molecule has 9 nitrogen and oxygen atoms in total. The molecule has 1 amide bonds. The summed E-state index contributed by atoms with van der Waals surface area (Å²) in [6.07, 6.45) is 4.72. The number of fused-ring (bicyclic) bond motifs is 3. The molecule has 3 saturated heterocycles. The molecule has 1 saturated carbocycles. The van der Waals surface area contributed by atoms with E-state index in [-0.39, 0.29) is 23.1 Å². The normalized spacial score (nSPS) is 30.3. The Labute approximate surface area is 225 Å². The summed E-state index contributed by atoms with van der Waals surface area (Å²) in [7, 11) is 0. The van der Waals surface area contributed by atoms with Crippen LogP contribution in [0.5, 0.6) is 6.01 Å². The van der Waals surface area contributed by atoms with Gasteiger partial charge in [-0.3, -0.25) is 9.80 Å². The Kier molecular flexibility index (Phi) is 6.49. The van der Waals surface area contributed by atoms with Gasteiger partial charge in [0.05, 0.1) is 23.9 Å². The fraction of sp³-hybridized carbons (Fsp3) is 0.821. The molecule has 6 rings (SSSR count). The Balaban J connectivity index is 1.20. The van der Waals surface area contributed by atoms with Crippen LogP contribution in [0.2, 0.25) is 0 Å². The van der Waals surface area contributed by atoms with Crippen molar-refractivity contribution in [3.8, 4) is 6.01 Å². The van der Waals surface area contributed by atoms with Crippen LogP contribution in [0, 0.1) is 5.41 Å². The van der Waals surface area contributed by atoms with Crippen LogP contribution in [0.4, 0.5) is 15.0 Å². The number of anilines is 1. The maximum atomic E-state index is 13.7. The third kappa shape index (κ3) is 5.18. The highest BCUT2D eigenvalue weighted by molar-refractivity contribution is 5.71. The van der Waals surface area contributed by atoms with Gasteiger partial charge in [-0.15, -0.1) is 0 Å². The van der Waals surface area contributed by atoms with E-state index in [1.807, 2.05) is 25.7 Å². The van der Waals surface area contributed by atoms with Gasteiger partial charge in [0.15, 0.2) is 0 Å². The van der Waals surface area contributed by atoms with E-state index < -0.39 is 11.8 Å². The van der Waals surface area contributed by atoms with Crippen molar-refractivity contribution in [1.82, 2.24) is 25.1 Å². The highest BCUT2D eigenvalue weighted by Gasteiger charge is 2.52. The van der Waals surface area contributed by atoms with Crippen molar-refractivity contribution in [1.29, 1.82) is 0 Å². The number of rotatable bonds is 6. The lowest BCUT2D eigenvalue weighted by molar-refractivity contribution is -0.00285. The van der Waals surface area contributed by atoms with Gasteiger partial charge in [-0.25, -0.2) is 9.18 Å². The summed E-state index contributed by atoms with van der Waals surface area (Å²) in [6, 6.07) is 0.528. The van der Waals surface area contributed by atoms with Crippen molar-refractivity contribution < 1.29 is 18.7 Å². The molecule has 5 heterocycles. The quantitative estimate of drug-likeness (QED) is 0.600. The van der Waals surface area contributed by atoms with E-state index >= 15 is 0 Å². The molecule has 5 aliphatic rings. The second-order valence-electron chi connectivity index (χ2n) is 13.5. The number of hydrogen-bond acceptors (Lipinski definition) is 8. The number of carbonyl (C=O) groups excluding carboxylic acids is 1. The maximum absolute atomic E-state index is 13.7. The second-order valence-corrected chi connectivity index (χ2v) is 13.5. The summed E-state index contributed by atoms with van der Waals surface area (Å²) < 4.78 is 25.8. The molecule has 3 atom stereocenters. The van der Waals surface area contributed by atoms with Gasteiger partial charge in [-0.1, -0.05) is 0 Å². The van der Waals surface area contributed by atoms with Gasteiger partial charge in [-0.2, -0.15) is 9.97 Å². The number of amides is 1. The Morgan fingerprint density at radius 1 is 1.18 bits per heavy atom. The Morgan fingerprint density at radius 3 is 2.68 bits per heavy atom. The fourth-order valence-electron chi connectivity index (χ4n) is 6.86. The molecule has 4 fully saturated rings. The predicted molar refractivity (Wildman–Crippen MR) is 142 cm³/mol. The van der Waals surface area contributed by atoms with Crippen LogP contribution in [0.1, 0.15) is 71.1 Å². The lowest BCUT2D eigenvalue weighted by Gasteiger charge is -2.48. The van der Waals surface area contributed by atoms with E-state index in [2.05, 4.69) is 22.0 Å². The zero-order chi connectivity index (χ0) is 26.7. The smallest absolute Gasteiger partial charge is 0.411 e. The van der Waals surface area contributed by atoms with Gasteiger partial charge in [0.2, 0.25) is 0 Å². The molecule has 10 heteroatoms. The van der Waals surface area contributed by atoms with Gasteiger partial charge in [-0.05, 0) is 72.8 Å². The van der Waals surface area contributed by atoms with Gasteiger partial charge in [0.1, 0.15) is 17.6 Å². The largest absolute Gasteiger partial charge is 0.463 e. The Bertz CT molecular complexity index is 1080. The van der Waals surface area contributed by atoms with Crippen LogP contribution in [-0.4, -0.2) is 95.1 Å².